The third-order valence-electron chi connectivity index (χ3n) is 3.36. The second kappa shape index (κ2) is 7.98. The summed E-state index contributed by atoms with van der Waals surface area (Å²) in [6.07, 6.45) is -0.843. The van der Waals surface area contributed by atoms with Crippen LogP contribution in [0.1, 0.15) is 29.2 Å². The molecule has 1 atom stereocenters. The molecule has 0 aromatic heterocycles. The van der Waals surface area contributed by atoms with E-state index in [1.54, 1.807) is 12.1 Å². The molecule has 2 N–H and O–H groups in total. The zero-order valence-corrected chi connectivity index (χ0v) is 12.9. The summed E-state index contributed by atoms with van der Waals surface area (Å²) in [6.45, 7) is 2.08. The van der Waals surface area contributed by atoms with Gasteiger partial charge in [0, 0.05) is 0 Å². The zero-order chi connectivity index (χ0) is 16.7. The van der Waals surface area contributed by atoms with Crippen LogP contribution in [0.4, 0.5) is 4.79 Å². The summed E-state index contributed by atoms with van der Waals surface area (Å²) in [7, 11) is 0. The highest BCUT2D eigenvalue weighted by Crippen LogP contribution is 2.18. The Morgan fingerprint density at radius 1 is 1.09 bits per heavy atom. The minimum atomic E-state index is -0.987. The third-order valence-corrected chi connectivity index (χ3v) is 3.36. The van der Waals surface area contributed by atoms with E-state index in [0.717, 1.165) is 16.7 Å². The summed E-state index contributed by atoms with van der Waals surface area (Å²) in [5.41, 5.74) is 2.66. The van der Waals surface area contributed by atoms with Gasteiger partial charge in [-0.2, -0.15) is 0 Å². The van der Waals surface area contributed by atoms with E-state index in [1.165, 1.54) is 0 Å². The SMILES string of the molecule is Cc1ccc([C@@H](CC(=O)O)NC(=O)OCc2ccccc2)cc1. The second-order valence-corrected chi connectivity index (χ2v) is 5.27. The molecule has 0 bridgehead atoms. The van der Waals surface area contributed by atoms with Crippen molar-refractivity contribution < 1.29 is 19.4 Å². The zero-order valence-electron chi connectivity index (χ0n) is 12.9. The van der Waals surface area contributed by atoms with Crippen molar-refractivity contribution in [2.45, 2.75) is 26.0 Å². The first-order valence-electron chi connectivity index (χ1n) is 7.30. The lowest BCUT2D eigenvalue weighted by Gasteiger charge is -2.17. The molecule has 2 aromatic rings. The number of benzene rings is 2. The van der Waals surface area contributed by atoms with Crippen LogP contribution < -0.4 is 5.32 Å². The van der Waals surface area contributed by atoms with Crippen LogP contribution in [0.5, 0.6) is 0 Å². The van der Waals surface area contributed by atoms with E-state index < -0.39 is 18.1 Å². The molecule has 2 rings (SSSR count). The lowest BCUT2D eigenvalue weighted by atomic mass is 10.0. The minimum Gasteiger partial charge on any atom is -0.481 e. The molecule has 2 aromatic carbocycles. The van der Waals surface area contributed by atoms with E-state index >= 15 is 0 Å². The van der Waals surface area contributed by atoms with E-state index in [2.05, 4.69) is 5.32 Å². The van der Waals surface area contributed by atoms with Gasteiger partial charge in [0.2, 0.25) is 0 Å². The molecule has 0 heterocycles. The highest BCUT2D eigenvalue weighted by Gasteiger charge is 2.18. The summed E-state index contributed by atoms with van der Waals surface area (Å²) < 4.78 is 5.14. The first-order chi connectivity index (χ1) is 11.0. The van der Waals surface area contributed by atoms with Gasteiger partial charge >= 0.3 is 12.1 Å². The van der Waals surface area contributed by atoms with Gasteiger partial charge in [0.1, 0.15) is 6.61 Å². The number of aliphatic carboxylic acids is 1. The number of ether oxygens (including phenoxy) is 1. The maximum atomic E-state index is 11.9. The Hall–Kier alpha value is -2.82. The number of carbonyl (C=O) groups excluding carboxylic acids is 1. The quantitative estimate of drug-likeness (QED) is 0.856. The predicted molar refractivity (Wildman–Crippen MR) is 85.9 cm³/mol. The summed E-state index contributed by atoms with van der Waals surface area (Å²) in [6, 6.07) is 16.0. The number of hydrogen-bond donors (Lipinski definition) is 2. The molecular formula is C18H19NO4. The summed E-state index contributed by atoms with van der Waals surface area (Å²) >= 11 is 0. The van der Waals surface area contributed by atoms with Crippen LogP contribution in [0.15, 0.2) is 54.6 Å². The first kappa shape index (κ1) is 16.5. The van der Waals surface area contributed by atoms with Gasteiger partial charge in [0.15, 0.2) is 0 Å². The molecule has 0 radical (unpaired) electrons. The molecule has 23 heavy (non-hydrogen) atoms. The van der Waals surface area contributed by atoms with E-state index in [1.807, 2.05) is 49.4 Å². The highest BCUT2D eigenvalue weighted by molar-refractivity contribution is 5.72. The smallest absolute Gasteiger partial charge is 0.407 e. The van der Waals surface area contributed by atoms with Crippen molar-refractivity contribution in [1.82, 2.24) is 5.32 Å². The van der Waals surface area contributed by atoms with Crippen LogP contribution >= 0.6 is 0 Å². The molecule has 0 unspecified atom stereocenters. The van der Waals surface area contributed by atoms with Gasteiger partial charge in [-0.15, -0.1) is 0 Å². The molecule has 0 aliphatic rings. The molecule has 0 fully saturated rings. The fourth-order valence-corrected chi connectivity index (χ4v) is 2.13. The minimum absolute atomic E-state index is 0.139. The molecule has 5 nitrogen and oxygen atoms in total. The largest absolute Gasteiger partial charge is 0.481 e. The van der Waals surface area contributed by atoms with Gasteiger partial charge in [0.05, 0.1) is 12.5 Å². The van der Waals surface area contributed by atoms with Crippen molar-refractivity contribution >= 4 is 12.1 Å². The molecule has 1 amide bonds. The van der Waals surface area contributed by atoms with Crippen molar-refractivity contribution in [1.29, 1.82) is 0 Å². The highest BCUT2D eigenvalue weighted by atomic mass is 16.5. The Morgan fingerprint density at radius 2 is 1.74 bits per heavy atom. The van der Waals surface area contributed by atoms with Crippen LogP contribution in [0.25, 0.3) is 0 Å². The van der Waals surface area contributed by atoms with Crippen molar-refractivity contribution in [2.24, 2.45) is 0 Å². The maximum Gasteiger partial charge on any atom is 0.407 e. The second-order valence-electron chi connectivity index (χ2n) is 5.27. The monoisotopic (exact) mass is 313 g/mol. The van der Waals surface area contributed by atoms with Crippen LogP contribution in [0.2, 0.25) is 0 Å². The number of alkyl carbamates (subject to hydrolysis) is 1. The average molecular weight is 313 g/mol. The fourth-order valence-electron chi connectivity index (χ4n) is 2.13. The van der Waals surface area contributed by atoms with E-state index in [9.17, 15) is 9.59 Å². The Balaban J connectivity index is 1.98. The van der Waals surface area contributed by atoms with Crippen LogP contribution in [-0.4, -0.2) is 17.2 Å². The normalized spacial score (nSPS) is 11.5. The number of nitrogens with one attached hydrogen (secondary N) is 1. The Labute approximate surface area is 134 Å². The predicted octanol–water partition coefficient (Wildman–Crippen LogP) is 3.44. The third kappa shape index (κ3) is 5.47. The number of rotatable bonds is 6. The number of carboxylic acid groups (broad SMARTS) is 1. The molecular weight excluding hydrogens is 294 g/mol. The maximum absolute atomic E-state index is 11.9. The van der Waals surface area contributed by atoms with Gasteiger partial charge in [0.25, 0.3) is 0 Å². The van der Waals surface area contributed by atoms with Crippen molar-refractivity contribution in [2.75, 3.05) is 0 Å². The lowest BCUT2D eigenvalue weighted by Crippen LogP contribution is -2.30. The van der Waals surface area contributed by atoms with Crippen LogP contribution in [0, 0.1) is 6.92 Å². The van der Waals surface area contributed by atoms with E-state index in [4.69, 9.17) is 9.84 Å². The van der Waals surface area contributed by atoms with Gasteiger partial charge in [-0.3, -0.25) is 4.79 Å². The van der Waals surface area contributed by atoms with Gasteiger partial charge in [-0.05, 0) is 18.1 Å². The van der Waals surface area contributed by atoms with Crippen LogP contribution in [0.3, 0.4) is 0 Å². The molecule has 120 valence electrons. The Bertz CT molecular complexity index is 652. The fraction of sp³-hybridized carbons (Fsp3) is 0.222. The number of carboxylic acids is 1. The lowest BCUT2D eigenvalue weighted by molar-refractivity contribution is -0.137. The van der Waals surface area contributed by atoms with Gasteiger partial charge < -0.3 is 15.2 Å². The summed E-state index contributed by atoms with van der Waals surface area (Å²) in [5.74, 6) is -0.987. The van der Waals surface area contributed by atoms with E-state index in [0.29, 0.717) is 0 Å². The van der Waals surface area contributed by atoms with Gasteiger partial charge in [-0.25, -0.2) is 4.79 Å². The van der Waals surface area contributed by atoms with Crippen molar-refractivity contribution in [3.05, 3.63) is 71.3 Å². The first-order valence-corrected chi connectivity index (χ1v) is 7.30. The molecule has 0 spiro atoms. The molecule has 5 heteroatoms. The number of aryl methyl sites for hydroxylation is 1. The number of amides is 1. The van der Waals surface area contributed by atoms with Crippen LogP contribution in [-0.2, 0) is 16.1 Å². The molecule has 0 saturated heterocycles. The Kier molecular flexibility index (Phi) is 5.74. The number of hydrogen-bond acceptors (Lipinski definition) is 3. The number of carbonyl (C=O) groups is 2. The standard InChI is InChI=1S/C18H19NO4/c1-13-7-9-15(10-8-13)16(11-17(20)21)19-18(22)23-12-14-5-3-2-4-6-14/h2-10,16H,11-12H2,1H3,(H,19,22)(H,20,21)/t16-/m1/s1. The summed E-state index contributed by atoms with van der Waals surface area (Å²) in [5, 5.41) is 11.6. The molecule has 0 aliphatic heterocycles. The molecule has 0 saturated carbocycles. The topological polar surface area (TPSA) is 75.6 Å². The molecule has 0 aliphatic carbocycles. The average Bonchev–Trinajstić information content (AvgIpc) is 2.53. The summed E-state index contributed by atoms with van der Waals surface area (Å²) in [4.78, 5) is 22.9. The van der Waals surface area contributed by atoms with Crippen molar-refractivity contribution in [3.8, 4) is 0 Å². The Morgan fingerprint density at radius 3 is 2.35 bits per heavy atom. The van der Waals surface area contributed by atoms with Crippen molar-refractivity contribution in [3.63, 3.8) is 0 Å². The van der Waals surface area contributed by atoms with E-state index in [-0.39, 0.29) is 13.0 Å². The van der Waals surface area contributed by atoms with Gasteiger partial charge in [-0.1, -0.05) is 60.2 Å².